The lowest BCUT2D eigenvalue weighted by atomic mass is 10.3. The molecule has 0 aliphatic rings. The Morgan fingerprint density at radius 3 is 3.07 bits per heavy atom. The largest absolute Gasteiger partial charge is 0.456 e. The highest BCUT2D eigenvalue weighted by Crippen LogP contribution is 1.97. The van der Waals surface area contributed by atoms with Gasteiger partial charge in [-0.1, -0.05) is 6.07 Å². The van der Waals surface area contributed by atoms with Crippen LogP contribution in [0, 0.1) is 11.8 Å². The van der Waals surface area contributed by atoms with E-state index in [1.807, 2.05) is 0 Å². The normalized spacial score (nSPS) is 8.64. The van der Waals surface area contributed by atoms with E-state index in [1.165, 1.54) is 0 Å². The molecule has 1 rings (SSSR count). The highest BCUT2D eigenvalue weighted by molar-refractivity contribution is 5.89. The minimum atomic E-state index is -0.559. The van der Waals surface area contributed by atoms with Crippen LogP contribution in [0.3, 0.4) is 0 Å². The number of rotatable bonds is 1. The van der Waals surface area contributed by atoms with E-state index in [2.05, 4.69) is 21.6 Å². The molecular formula is C10H10N2O2. The fourth-order valence-electron chi connectivity index (χ4n) is 0.803. The Kier molecular flexibility index (Phi) is 3.50. The van der Waals surface area contributed by atoms with E-state index in [0.29, 0.717) is 18.1 Å². The molecule has 1 heterocycles. The monoisotopic (exact) mass is 190 g/mol. The zero-order valence-corrected chi connectivity index (χ0v) is 7.78. The van der Waals surface area contributed by atoms with Crippen LogP contribution < -0.4 is 5.73 Å². The lowest BCUT2D eigenvalue weighted by Gasteiger charge is -1.92. The Balaban J connectivity index is 2.72. The molecule has 0 atom stereocenters. The van der Waals surface area contributed by atoms with Crippen molar-refractivity contribution in [3.05, 3.63) is 23.9 Å². The third-order valence-corrected chi connectivity index (χ3v) is 1.34. The number of hydrogen-bond acceptors (Lipinski definition) is 4. The number of nitrogen functional groups attached to an aromatic ring is 1. The summed E-state index contributed by atoms with van der Waals surface area (Å²) in [6.07, 6.45) is 0. The molecule has 0 bridgehead atoms. The van der Waals surface area contributed by atoms with Gasteiger partial charge < -0.3 is 10.5 Å². The van der Waals surface area contributed by atoms with Gasteiger partial charge in [-0.15, -0.1) is 0 Å². The molecule has 72 valence electrons. The summed E-state index contributed by atoms with van der Waals surface area (Å²) in [5, 5.41) is 0. The number of pyridine rings is 1. The average Bonchev–Trinajstić information content (AvgIpc) is 2.15. The maximum Gasteiger partial charge on any atom is 0.384 e. The van der Waals surface area contributed by atoms with E-state index in [0.717, 1.165) is 0 Å². The fraction of sp³-hybridized carbons (Fsp3) is 0.200. The topological polar surface area (TPSA) is 65.2 Å². The van der Waals surface area contributed by atoms with Crippen LogP contribution in [0.5, 0.6) is 0 Å². The van der Waals surface area contributed by atoms with Gasteiger partial charge in [-0.2, -0.15) is 0 Å². The second kappa shape index (κ2) is 4.87. The van der Waals surface area contributed by atoms with Crippen LogP contribution in [0.4, 0.5) is 5.82 Å². The molecule has 0 aliphatic heterocycles. The van der Waals surface area contributed by atoms with Crippen LogP contribution in [-0.2, 0) is 9.53 Å². The third-order valence-electron chi connectivity index (χ3n) is 1.34. The van der Waals surface area contributed by atoms with Crippen LogP contribution in [0.1, 0.15) is 12.6 Å². The number of carbonyl (C=O) groups excluding carboxylic acids is 1. The Hall–Kier alpha value is -2.02. The van der Waals surface area contributed by atoms with Crippen molar-refractivity contribution in [1.29, 1.82) is 0 Å². The SMILES string of the molecule is CCOC(=O)C#Cc1cccc(N)n1. The third kappa shape index (κ3) is 3.15. The summed E-state index contributed by atoms with van der Waals surface area (Å²) in [7, 11) is 0. The lowest BCUT2D eigenvalue weighted by Crippen LogP contribution is -2.00. The Bertz CT molecular complexity index is 391. The molecule has 2 N–H and O–H groups in total. The van der Waals surface area contributed by atoms with Gasteiger partial charge in [0.1, 0.15) is 11.5 Å². The molecule has 0 fully saturated rings. The Labute approximate surface area is 82.1 Å². The van der Waals surface area contributed by atoms with Gasteiger partial charge in [0.05, 0.1) is 6.61 Å². The van der Waals surface area contributed by atoms with Crippen LogP contribution in [0.15, 0.2) is 18.2 Å². The Morgan fingerprint density at radius 2 is 2.43 bits per heavy atom. The molecule has 0 saturated heterocycles. The van der Waals surface area contributed by atoms with Gasteiger partial charge in [0, 0.05) is 5.92 Å². The van der Waals surface area contributed by atoms with E-state index in [9.17, 15) is 4.79 Å². The van der Waals surface area contributed by atoms with Crippen LogP contribution in [0.25, 0.3) is 0 Å². The number of ether oxygens (including phenoxy) is 1. The summed E-state index contributed by atoms with van der Waals surface area (Å²) in [5.41, 5.74) is 5.89. The van der Waals surface area contributed by atoms with E-state index in [-0.39, 0.29) is 0 Å². The van der Waals surface area contributed by atoms with Crippen LogP contribution in [-0.4, -0.2) is 17.6 Å². The van der Waals surface area contributed by atoms with Crippen LogP contribution >= 0.6 is 0 Å². The average molecular weight is 190 g/mol. The van der Waals surface area contributed by atoms with Gasteiger partial charge in [0.15, 0.2) is 0 Å². The molecule has 0 aliphatic carbocycles. The zero-order chi connectivity index (χ0) is 10.4. The number of nitrogens with zero attached hydrogens (tertiary/aromatic N) is 1. The maximum absolute atomic E-state index is 10.8. The first-order valence-electron chi connectivity index (χ1n) is 4.13. The molecule has 0 unspecified atom stereocenters. The summed E-state index contributed by atoms with van der Waals surface area (Å²) in [4.78, 5) is 14.7. The Morgan fingerprint density at radius 1 is 1.64 bits per heavy atom. The molecule has 0 saturated carbocycles. The van der Waals surface area contributed by atoms with Crippen molar-refractivity contribution >= 4 is 11.8 Å². The second-order valence-corrected chi connectivity index (χ2v) is 2.42. The number of nitrogens with two attached hydrogens (primary N) is 1. The van der Waals surface area contributed by atoms with Crippen molar-refractivity contribution in [3.63, 3.8) is 0 Å². The first-order valence-corrected chi connectivity index (χ1v) is 4.13. The van der Waals surface area contributed by atoms with Crippen molar-refractivity contribution in [2.24, 2.45) is 0 Å². The summed E-state index contributed by atoms with van der Waals surface area (Å²) in [6.45, 7) is 2.04. The van der Waals surface area contributed by atoms with Crippen molar-refractivity contribution < 1.29 is 9.53 Å². The van der Waals surface area contributed by atoms with E-state index >= 15 is 0 Å². The molecule has 0 spiro atoms. The second-order valence-electron chi connectivity index (χ2n) is 2.42. The maximum atomic E-state index is 10.8. The van der Waals surface area contributed by atoms with Gasteiger partial charge in [-0.25, -0.2) is 9.78 Å². The summed E-state index contributed by atoms with van der Waals surface area (Å²) < 4.78 is 4.62. The minimum absolute atomic E-state index is 0.317. The quantitative estimate of drug-likeness (QED) is 0.519. The smallest absolute Gasteiger partial charge is 0.384 e. The first-order chi connectivity index (χ1) is 6.72. The number of aromatic nitrogens is 1. The van der Waals surface area contributed by atoms with Crippen molar-refractivity contribution in [1.82, 2.24) is 4.98 Å². The van der Waals surface area contributed by atoms with Gasteiger partial charge in [0.25, 0.3) is 0 Å². The number of anilines is 1. The molecule has 0 aromatic carbocycles. The molecule has 0 radical (unpaired) electrons. The molecular weight excluding hydrogens is 180 g/mol. The minimum Gasteiger partial charge on any atom is -0.456 e. The van der Waals surface area contributed by atoms with E-state index < -0.39 is 5.97 Å². The van der Waals surface area contributed by atoms with E-state index in [1.54, 1.807) is 25.1 Å². The van der Waals surface area contributed by atoms with Crippen molar-refractivity contribution in [3.8, 4) is 11.8 Å². The summed E-state index contributed by atoms with van der Waals surface area (Å²) in [5.74, 6) is 4.67. The predicted molar refractivity (Wildman–Crippen MR) is 52.2 cm³/mol. The highest BCUT2D eigenvalue weighted by Gasteiger charge is 1.93. The van der Waals surface area contributed by atoms with E-state index in [4.69, 9.17) is 5.73 Å². The van der Waals surface area contributed by atoms with Crippen molar-refractivity contribution in [2.75, 3.05) is 12.3 Å². The highest BCUT2D eigenvalue weighted by atomic mass is 16.5. The molecule has 0 amide bonds. The van der Waals surface area contributed by atoms with Crippen LogP contribution in [0.2, 0.25) is 0 Å². The summed E-state index contributed by atoms with van der Waals surface area (Å²) in [6, 6.07) is 5.04. The van der Waals surface area contributed by atoms with Gasteiger partial charge in [-0.3, -0.25) is 0 Å². The predicted octanol–water partition coefficient (Wildman–Crippen LogP) is 0.578. The first kappa shape index (κ1) is 10.1. The van der Waals surface area contributed by atoms with Gasteiger partial charge in [-0.05, 0) is 25.0 Å². The molecule has 1 aromatic heterocycles. The number of carbonyl (C=O) groups is 1. The standard InChI is InChI=1S/C10H10N2O2/c1-2-14-10(13)7-6-8-4-3-5-9(11)12-8/h3-5H,2H2,1H3,(H2,11,12). The van der Waals surface area contributed by atoms with Gasteiger partial charge >= 0.3 is 5.97 Å². The molecule has 4 heteroatoms. The summed E-state index contributed by atoms with van der Waals surface area (Å²) >= 11 is 0. The zero-order valence-electron chi connectivity index (χ0n) is 7.78. The fourth-order valence-corrected chi connectivity index (χ4v) is 0.803. The number of esters is 1. The molecule has 4 nitrogen and oxygen atoms in total. The van der Waals surface area contributed by atoms with Gasteiger partial charge in [0.2, 0.25) is 0 Å². The molecule has 1 aromatic rings. The molecule has 14 heavy (non-hydrogen) atoms. The number of hydrogen-bond donors (Lipinski definition) is 1. The van der Waals surface area contributed by atoms with Crippen molar-refractivity contribution in [2.45, 2.75) is 6.92 Å². The lowest BCUT2D eigenvalue weighted by molar-refractivity contribution is -0.136.